The fraction of sp³-hybridized carbons (Fsp3) is 0.944. The first-order chi connectivity index (χ1) is 11.5. The SMILES string of the molecule is CCC[C@H]1CN(S(=O)(=O)CCC)CC1C(=O)CCN1CCCCC1. The lowest BCUT2D eigenvalue weighted by Crippen LogP contribution is -2.34. The minimum atomic E-state index is -3.19. The lowest BCUT2D eigenvalue weighted by atomic mass is 9.87. The van der Waals surface area contributed by atoms with Crippen molar-refractivity contribution in [2.24, 2.45) is 11.8 Å². The third-order valence-corrected chi connectivity index (χ3v) is 7.47. The molecule has 5 nitrogen and oxygen atoms in total. The monoisotopic (exact) mass is 358 g/mol. The summed E-state index contributed by atoms with van der Waals surface area (Å²) in [6, 6.07) is 0. The van der Waals surface area contributed by atoms with Crippen molar-refractivity contribution in [1.82, 2.24) is 9.21 Å². The van der Waals surface area contributed by atoms with Crippen LogP contribution in [0.25, 0.3) is 0 Å². The Morgan fingerprint density at radius 2 is 1.75 bits per heavy atom. The maximum Gasteiger partial charge on any atom is 0.214 e. The molecule has 0 amide bonds. The molecule has 140 valence electrons. The van der Waals surface area contributed by atoms with Crippen LogP contribution in [-0.2, 0) is 14.8 Å². The van der Waals surface area contributed by atoms with E-state index in [4.69, 9.17) is 0 Å². The highest BCUT2D eigenvalue weighted by Gasteiger charge is 2.40. The van der Waals surface area contributed by atoms with Crippen LogP contribution in [0.3, 0.4) is 0 Å². The Hall–Kier alpha value is -0.460. The van der Waals surface area contributed by atoms with Gasteiger partial charge in [-0.15, -0.1) is 0 Å². The van der Waals surface area contributed by atoms with Crippen molar-refractivity contribution in [3.63, 3.8) is 0 Å². The van der Waals surface area contributed by atoms with E-state index in [-0.39, 0.29) is 23.4 Å². The van der Waals surface area contributed by atoms with E-state index in [1.165, 1.54) is 19.3 Å². The molecule has 2 fully saturated rings. The predicted molar refractivity (Wildman–Crippen MR) is 97.5 cm³/mol. The molecule has 0 spiro atoms. The normalized spacial score (nSPS) is 26.8. The van der Waals surface area contributed by atoms with Gasteiger partial charge in [0.1, 0.15) is 5.78 Å². The minimum Gasteiger partial charge on any atom is -0.303 e. The molecule has 2 saturated heterocycles. The summed E-state index contributed by atoms with van der Waals surface area (Å²) >= 11 is 0. The molecule has 24 heavy (non-hydrogen) atoms. The number of nitrogens with zero attached hydrogens (tertiary/aromatic N) is 2. The van der Waals surface area contributed by atoms with Gasteiger partial charge in [0.25, 0.3) is 0 Å². The van der Waals surface area contributed by atoms with Crippen molar-refractivity contribution in [2.45, 2.75) is 58.8 Å². The van der Waals surface area contributed by atoms with Gasteiger partial charge in [-0.1, -0.05) is 26.7 Å². The Kier molecular flexibility index (Phi) is 7.69. The Morgan fingerprint density at radius 1 is 1.04 bits per heavy atom. The molecule has 0 aromatic rings. The molecule has 0 aromatic heterocycles. The van der Waals surface area contributed by atoms with Crippen molar-refractivity contribution in [1.29, 1.82) is 0 Å². The van der Waals surface area contributed by atoms with E-state index in [0.29, 0.717) is 25.9 Å². The van der Waals surface area contributed by atoms with Crippen molar-refractivity contribution in [3.8, 4) is 0 Å². The zero-order chi connectivity index (χ0) is 17.6. The topological polar surface area (TPSA) is 57.7 Å². The highest BCUT2D eigenvalue weighted by Crippen LogP contribution is 2.31. The van der Waals surface area contributed by atoms with Crippen molar-refractivity contribution in [2.75, 3.05) is 38.5 Å². The first-order valence-corrected chi connectivity index (χ1v) is 11.3. The highest BCUT2D eigenvalue weighted by molar-refractivity contribution is 7.89. The molecule has 6 heteroatoms. The Bertz CT molecular complexity index is 500. The number of rotatable bonds is 9. The van der Waals surface area contributed by atoms with E-state index in [1.54, 1.807) is 4.31 Å². The number of hydrogen-bond acceptors (Lipinski definition) is 4. The van der Waals surface area contributed by atoms with Crippen molar-refractivity contribution in [3.05, 3.63) is 0 Å². The van der Waals surface area contributed by atoms with Crippen LogP contribution in [0, 0.1) is 11.8 Å². The molecule has 0 saturated carbocycles. The summed E-state index contributed by atoms with van der Waals surface area (Å²) in [7, 11) is -3.19. The molecular formula is C18H34N2O3S. The quantitative estimate of drug-likeness (QED) is 0.635. The lowest BCUT2D eigenvalue weighted by molar-refractivity contribution is -0.123. The van der Waals surface area contributed by atoms with Gasteiger partial charge in [0, 0.05) is 32.0 Å². The average Bonchev–Trinajstić information content (AvgIpc) is 2.99. The van der Waals surface area contributed by atoms with Gasteiger partial charge in [-0.2, -0.15) is 0 Å². The third kappa shape index (κ3) is 5.27. The smallest absolute Gasteiger partial charge is 0.214 e. The lowest BCUT2D eigenvalue weighted by Gasteiger charge is -2.26. The van der Waals surface area contributed by atoms with Crippen LogP contribution in [0.2, 0.25) is 0 Å². The van der Waals surface area contributed by atoms with Crippen molar-refractivity contribution >= 4 is 15.8 Å². The van der Waals surface area contributed by atoms with Gasteiger partial charge in [0.15, 0.2) is 0 Å². The minimum absolute atomic E-state index is 0.0960. The predicted octanol–water partition coefficient (Wildman–Crippen LogP) is 2.52. The number of carbonyl (C=O) groups excluding carboxylic acids is 1. The van der Waals surface area contributed by atoms with Gasteiger partial charge < -0.3 is 4.90 Å². The standard InChI is InChI=1S/C18H34N2O3S/c1-3-8-16-14-20(24(22,23)13-4-2)15-17(16)18(21)9-12-19-10-6-5-7-11-19/h16-17H,3-15H2,1-2H3/t16-,17?/m0/s1. The number of sulfonamides is 1. The molecule has 0 N–H and O–H groups in total. The van der Waals surface area contributed by atoms with Gasteiger partial charge in [-0.05, 0) is 44.7 Å². The summed E-state index contributed by atoms with van der Waals surface area (Å²) in [6.07, 6.45) is 6.92. The summed E-state index contributed by atoms with van der Waals surface area (Å²) in [4.78, 5) is 15.1. The molecule has 2 aliphatic heterocycles. The van der Waals surface area contributed by atoms with Crippen LogP contribution in [0.1, 0.15) is 58.8 Å². The van der Waals surface area contributed by atoms with Crippen LogP contribution in [-0.4, -0.2) is 61.9 Å². The van der Waals surface area contributed by atoms with E-state index >= 15 is 0 Å². The van der Waals surface area contributed by atoms with Crippen LogP contribution in [0.5, 0.6) is 0 Å². The second-order valence-electron chi connectivity index (χ2n) is 7.41. The molecule has 1 unspecified atom stereocenters. The second-order valence-corrected chi connectivity index (χ2v) is 9.50. The van der Waals surface area contributed by atoms with Gasteiger partial charge in [0.05, 0.1) is 5.75 Å². The van der Waals surface area contributed by atoms with Crippen LogP contribution in [0.4, 0.5) is 0 Å². The van der Waals surface area contributed by atoms with E-state index < -0.39 is 10.0 Å². The first-order valence-electron chi connectivity index (χ1n) is 9.70. The molecule has 2 heterocycles. The zero-order valence-corrected chi connectivity index (χ0v) is 16.2. The largest absolute Gasteiger partial charge is 0.303 e. The average molecular weight is 359 g/mol. The van der Waals surface area contributed by atoms with Gasteiger partial charge in [-0.25, -0.2) is 12.7 Å². The number of carbonyl (C=O) groups is 1. The third-order valence-electron chi connectivity index (χ3n) is 5.46. The van der Waals surface area contributed by atoms with Gasteiger partial charge in [0.2, 0.25) is 10.0 Å². The molecular weight excluding hydrogens is 324 g/mol. The maximum atomic E-state index is 12.8. The second kappa shape index (κ2) is 9.30. The molecule has 0 aliphatic carbocycles. The van der Waals surface area contributed by atoms with E-state index in [0.717, 1.165) is 32.5 Å². The summed E-state index contributed by atoms with van der Waals surface area (Å²) in [5.74, 6) is 0.575. The number of likely N-dealkylation sites (tertiary alicyclic amines) is 1. The number of ketones is 1. The first kappa shape index (κ1) is 19.9. The Labute approximate surface area is 147 Å². The van der Waals surface area contributed by atoms with Crippen LogP contribution >= 0.6 is 0 Å². The number of hydrogen-bond donors (Lipinski definition) is 0. The fourth-order valence-electron chi connectivity index (χ4n) is 4.11. The van der Waals surface area contributed by atoms with E-state index in [1.807, 2.05) is 6.92 Å². The molecule has 0 bridgehead atoms. The summed E-state index contributed by atoms with van der Waals surface area (Å²) in [5, 5.41) is 0. The molecule has 2 aliphatic rings. The highest BCUT2D eigenvalue weighted by atomic mass is 32.2. The molecule has 0 radical (unpaired) electrons. The molecule has 0 aromatic carbocycles. The summed E-state index contributed by atoms with van der Waals surface area (Å²) in [6.45, 7) is 8.00. The van der Waals surface area contributed by atoms with Gasteiger partial charge >= 0.3 is 0 Å². The Morgan fingerprint density at radius 3 is 2.38 bits per heavy atom. The zero-order valence-electron chi connectivity index (χ0n) is 15.4. The Balaban J connectivity index is 1.93. The number of Topliss-reactive ketones (excluding diaryl/α,β-unsaturated/α-hetero) is 1. The fourth-order valence-corrected chi connectivity index (χ4v) is 5.69. The summed E-state index contributed by atoms with van der Waals surface area (Å²) in [5.41, 5.74) is 0. The maximum absolute atomic E-state index is 12.8. The van der Waals surface area contributed by atoms with E-state index in [2.05, 4.69) is 11.8 Å². The van der Waals surface area contributed by atoms with Crippen LogP contribution < -0.4 is 0 Å². The number of piperidine rings is 1. The van der Waals surface area contributed by atoms with E-state index in [9.17, 15) is 13.2 Å². The summed E-state index contributed by atoms with van der Waals surface area (Å²) < 4.78 is 26.3. The molecule has 2 atom stereocenters. The molecule has 2 rings (SSSR count). The van der Waals surface area contributed by atoms with Gasteiger partial charge in [-0.3, -0.25) is 4.79 Å². The van der Waals surface area contributed by atoms with Crippen molar-refractivity contribution < 1.29 is 13.2 Å². The van der Waals surface area contributed by atoms with Crippen LogP contribution in [0.15, 0.2) is 0 Å².